The van der Waals surface area contributed by atoms with Crippen molar-refractivity contribution in [1.82, 2.24) is 0 Å². The van der Waals surface area contributed by atoms with Gasteiger partial charge in [-0.2, -0.15) is 0 Å². The van der Waals surface area contributed by atoms with E-state index in [4.69, 9.17) is 5.11 Å². The van der Waals surface area contributed by atoms with Crippen LogP contribution in [-0.4, -0.2) is 23.7 Å². The average molecular weight is 281 g/mol. The first-order chi connectivity index (χ1) is 9.63. The number of carbonyl (C=O) groups excluding carboxylic acids is 1. The molecule has 0 radical (unpaired) electrons. The van der Waals surface area contributed by atoms with E-state index in [0.29, 0.717) is 18.5 Å². The third-order valence-corrected chi connectivity index (χ3v) is 2.95. The third kappa shape index (κ3) is 6.31. The van der Waals surface area contributed by atoms with Gasteiger partial charge in [0.1, 0.15) is 0 Å². The lowest BCUT2D eigenvalue weighted by molar-refractivity contribution is -0.116. The number of alkyl halides is 1. The number of carboxylic acids is 1. The van der Waals surface area contributed by atoms with Crippen molar-refractivity contribution >= 4 is 17.6 Å². The zero-order chi connectivity index (χ0) is 14.8. The molecule has 0 aliphatic rings. The van der Waals surface area contributed by atoms with E-state index < -0.39 is 5.97 Å². The maximum absolute atomic E-state index is 11.9. The summed E-state index contributed by atoms with van der Waals surface area (Å²) in [5.74, 6) is -1.07. The van der Waals surface area contributed by atoms with Crippen molar-refractivity contribution in [2.45, 2.75) is 38.5 Å². The zero-order valence-corrected chi connectivity index (χ0v) is 11.4. The molecule has 0 aliphatic heterocycles. The van der Waals surface area contributed by atoms with Crippen molar-refractivity contribution in [2.24, 2.45) is 0 Å². The van der Waals surface area contributed by atoms with Crippen molar-refractivity contribution < 1.29 is 19.1 Å². The number of nitrogens with one attached hydrogen (secondary N) is 1. The Hall–Kier alpha value is -1.91. The van der Waals surface area contributed by atoms with Crippen LogP contribution < -0.4 is 5.32 Å². The van der Waals surface area contributed by atoms with E-state index in [1.165, 1.54) is 12.1 Å². The first-order valence-electron chi connectivity index (χ1n) is 6.82. The average Bonchev–Trinajstić information content (AvgIpc) is 2.43. The molecule has 1 rings (SSSR count). The van der Waals surface area contributed by atoms with E-state index >= 15 is 0 Å². The van der Waals surface area contributed by atoms with E-state index in [1.54, 1.807) is 12.1 Å². The monoisotopic (exact) mass is 281 g/mol. The number of hydrogen-bond acceptors (Lipinski definition) is 2. The van der Waals surface area contributed by atoms with Crippen molar-refractivity contribution in [3.63, 3.8) is 0 Å². The number of halogens is 1. The fourth-order valence-corrected chi connectivity index (χ4v) is 1.83. The molecule has 0 spiro atoms. The lowest BCUT2D eigenvalue weighted by atomic mass is 10.1. The second kappa shape index (κ2) is 9.07. The van der Waals surface area contributed by atoms with Crippen molar-refractivity contribution in [3.05, 3.63) is 29.8 Å². The number of carboxylic acid groups (broad SMARTS) is 1. The number of aromatic carboxylic acids is 1. The lowest BCUT2D eigenvalue weighted by Gasteiger charge is -2.05. The number of carbonyl (C=O) groups is 2. The minimum atomic E-state index is -0.990. The maximum atomic E-state index is 11.9. The summed E-state index contributed by atoms with van der Waals surface area (Å²) >= 11 is 0. The number of amides is 1. The highest BCUT2D eigenvalue weighted by Crippen LogP contribution is 2.11. The summed E-state index contributed by atoms with van der Waals surface area (Å²) in [6.45, 7) is -0.271. The standard InChI is InChI=1S/C15H20FNO3/c16-11-5-3-1-2-4-6-14(18)17-13-9-7-12(8-10-13)15(19)20/h7-10H,1-6,11H2,(H,17,18)(H,19,20). The molecule has 1 aromatic carbocycles. The minimum Gasteiger partial charge on any atom is -0.478 e. The number of unbranched alkanes of at least 4 members (excludes halogenated alkanes) is 4. The van der Waals surface area contributed by atoms with Crippen LogP contribution in [0.15, 0.2) is 24.3 Å². The Morgan fingerprint density at radius 3 is 2.20 bits per heavy atom. The van der Waals surface area contributed by atoms with Crippen LogP contribution >= 0.6 is 0 Å². The van der Waals surface area contributed by atoms with Gasteiger partial charge in [-0.05, 0) is 37.1 Å². The molecule has 4 nitrogen and oxygen atoms in total. The largest absolute Gasteiger partial charge is 0.478 e. The van der Waals surface area contributed by atoms with Gasteiger partial charge in [0.05, 0.1) is 12.2 Å². The quantitative estimate of drug-likeness (QED) is 0.679. The molecule has 0 heterocycles. The molecule has 0 atom stereocenters. The van der Waals surface area contributed by atoms with Crippen molar-refractivity contribution in [3.8, 4) is 0 Å². The molecule has 1 amide bonds. The number of anilines is 1. The van der Waals surface area contributed by atoms with Crippen LogP contribution in [0.2, 0.25) is 0 Å². The molecular weight excluding hydrogens is 261 g/mol. The van der Waals surface area contributed by atoms with Gasteiger partial charge in [-0.15, -0.1) is 0 Å². The highest BCUT2D eigenvalue weighted by Gasteiger charge is 2.04. The van der Waals surface area contributed by atoms with Crippen molar-refractivity contribution in [2.75, 3.05) is 12.0 Å². The second-order valence-electron chi connectivity index (χ2n) is 4.64. The summed E-state index contributed by atoms with van der Waals surface area (Å²) in [6, 6.07) is 6.05. The van der Waals surface area contributed by atoms with Gasteiger partial charge < -0.3 is 10.4 Å². The van der Waals surface area contributed by atoms with E-state index in [9.17, 15) is 14.0 Å². The summed E-state index contributed by atoms with van der Waals surface area (Å²) in [4.78, 5) is 22.3. The summed E-state index contributed by atoms with van der Waals surface area (Å²) < 4.78 is 11.9. The molecule has 0 unspecified atom stereocenters. The molecule has 0 saturated carbocycles. The van der Waals surface area contributed by atoms with Gasteiger partial charge in [-0.3, -0.25) is 9.18 Å². The minimum absolute atomic E-state index is 0.0847. The Balaban J connectivity index is 2.23. The fraction of sp³-hybridized carbons (Fsp3) is 0.467. The predicted octanol–water partition coefficient (Wildman–Crippen LogP) is 3.63. The molecule has 0 saturated heterocycles. The van der Waals surface area contributed by atoms with Crippen LogP contribution in [0.1, 0.15) is 48.9 Å². The highest BCUT2D eigenvalue weighted by molar-refractivity contribution is 5.92. The number of benzene rings is 1. The van der Waals surface area contributed by atoms with E-state index in [2.05, 4.69) is 5.32 Å². The molecule has 0 bridgehead atoms. The van der Waals surface area contributed by atoms with Gasteiger partial charge in [0.25, 0.3) is 0 Å². The molecular formula is C15H20FNO3. The second-order valence-corrected chi connectivity index (χ2v) is 4.64. The molecule has 0 fully saturated rings. The normalized spacial score (nSPS) is 10.2. The van der Waals surface area contributed by atoms with Gasteiger partial charge in [0.2, 0.25) is 5.91 Å². The number of hydrogen-bond donors (Lipinski definition) is 2. The van der Waals surface area contributed by atoms with Crippen LogP contribution in [0.5, 0.6) is 0 Å². The Morgan fingerprint density at radius 2 is 1.60 bits per heavy atom. The van der Waals surface area contributed by atoms with E-state index in [-0.39, 0.29) is 18.1 Å². The first kappa shape index (κ1) is 16.1. The molecule has 5 heteroatoms. The Bertz CT molecular complexity index is 431. The van der Waals surface area contributed by atoms with E-state index in [1.807, 2.05) is 0 Å². The van der Waals surface area contributed by atoms with Gasteiger partial charge in [0.15, 0.2) is 0 Å². The summed E-state index contributed by atoms with van der Waals surface area (Å²) in [5, 5.41) is 11.5. The van der Waals surface area contributed by atoms with Crippen LogP contribution in [0, 0.1) is 0 Å². The van der Waals surface area contributed by atoms with Gasteiger partial charge in [-0.1, -0.05) is 19.3 Å². The summed E-state index contributed by atoms with van der Waals surface area (Å²) in [5.41, 5.74) is 0.785. The molecule has 1 aromatic rings. The maximum Gasteiger partial charge on any atom is 0.335 e. The Morgan fingerprint density at radius 1 is 1.00 bits per heavy atom. The predicted molar refractivity (Wildman–Crippen MR) is 75.7 cm³/mol. The van der Waals surface area contributed by atoms with Crippen LogP contribution in [-0.2, 0) is 4.79 Å². The number of rotatable bonds is 9. The van der Waals surface area contributed by atoms with Crippen LogP contribution in [0.25, 0.3) is 0 Å². The van der Waals surface area contributed by atoms with Gasteiger partial charge in [-0.25, -0.2) is 4.79 Å². The zero-order valence-electron chi connectivity index (χ0n) is 11.4. The third-order valence-electron chi connectivity index (χ3n) is 2.95. The highest BCUT2D eigenvalue weighted by atomic mass is 19.1. The first-order valence-corrected chi connectivity index (χ1v) is 6.82. The van der Waals surface area contributed by atoms with Crippen LogP contribution in [0.4, 0.5) is 10.1 Å². The van der Waals surface area contributed by atoms with E-state index in [0.717, 1.165) is 25.7 Å². The van der Waals surface area contributed by atoms with Gasteiger partial charge >= 0.3 is 5.97 Å². The fourth-order valence-electron chi connectivity index (χ4n) is 1.83. The van der Waals surface area contributed by atoms with Gasteiger partial charge in [0, 0.05) is 12.1 Å². The molecule has 0 aliphatic carbocycles. The van der Waals surface area contributed by atoms with Crippen LogP contribution in [0.3, 0.4) is 0 Å². The molecule has 2 N–H and O–H groups in total. The SMILES string of the molecule is O=C(CCCCCCCF)Nc1ccc(C(=O)O)cc1. The summed E-state index contributed by atoms with van der Waals surface area (Å²) in [7, 11) is 0. The smallest absolute Gasteiger partial charge is 0.335 e. The Kier molecular flexibility index (Phi) is 7.32. The summed E-state index contributed by atoms with van der Waals surface area (Å²) in [6.07, 6.45) is 4.55. The molecule has 0 aromatic heterocycles. The lowest BCUT2D eigenvalue weighted by Crippen LogP contribution is -2.11. The molecule has 110 valence electrons. The molecule has 20 heavy (non-hydrogen) atoms. The Labute approximate surface area is 118 Å². The van der Waals surface area contributed by atoms with Crippen molar-refractivity contribution in [1.29, 1.82) is 0 Å². The topological polar surface area (TPSA) is 66.4 Å².